The first-order chi connectivity index (χ1) is 7.66. The normalized spacial score (nSPS) is 16.8. The second-order valence-corrected chi connectivity index (χ2v) is 3.83. The number of carbonyl (C=O) groups is 2. The molecule has 1 aromatic rings. The van der Waals surface area contributed by atoms with E-state index in [4.69, 9.17) is 0 Å². The van der Waals surface area contributed by atoms with Gasteiger partial charge in [0.2, 0.25) is 5.91 Å². The molecule has 0 spiro atoms. The Bertz CT molecular complexity index is 413. The summed E-state index contributed by atoms with van der Waals surface area (Å²) in [5, 5.41) is 6.68. The number of aromatic nitrogens is 2. The molecule has 0 radical (unpaired) electrons. The molecule has 1 aliphatic rings. The van der Waals surface area contributed by atoms with Crippen LogP contribution in [0.1, 0.15) is 16.8 Å². The Labute approximate surface area is 93.2 Å². The van der Waals surface area contributed by atoms with Gasteiger partial charge in [0.1, 0.15) is 0 Å². The first-order valence-corrected chi connectivity index (χ1v) is 5.21. The molecule has 86 valence electrons. The predicted octanol–water partition coefficient (Wildman–Crippen LogP) is -0.618. The molecule has 6 nitrogen and oxygen atoms in total. The van der Waals surface area contributed by atoms with Gasteiger partial charge in [0.25, 0.3) is 5.91 Å². The van der Waals surface area contributed by atoms with E-state index < -0.39 is 0 Å². The summed E-state index contributed by atoms with van der Waals surface area (Å²) in [6.07, 6.45) is 3.97. The molecular formula is C10H14N4O2. The monoisotopic (exact) mass is 222 g/mol. The molecule has 0 atom stereocenters. The zero-order chi connectivity index (χ0) is 11.5. The van der Waals surface area contributed by atoms with Crippen molar-refractivity contribution in [2.45, 2.75) is 6.42 Å². The van der Waals surface area contributed by atoms with Crippen molar-refractivity contribution >= 4 is 11.8 Å². The minimum absolute atomic E-state index is 0.102. The van der Waals surface area contributed by atoms with E-state index in [0.29, 0.717) is 18.7 Å². The van der Waals surface area contributed by atoms with Crippen LogP contribution < -0.4 is 5.32 Å². The maximum absolute atomic E-state index is 12.0. The van der Waals surface area contributed by atoms with Crippen molar-refractivity contribution < 1.29 is 9.59 Å². The molecule has 1 N–H and O–H groups in total. The summed E-state index contributed by atoms with van der Waals surface area (Å²) in [7, 11) is 1.76. The standard InChI is InChI=1S/C10H14N4O2/c1-13-6-8(5-12-13)10(16)14-4-2-3-11-9(15)7-14/h5-6H,2-4,7H2,1H3,(H,11,15). The van der Waals surface area contributed by atoms with Crippen molar-refractivity contribution in [3.63, 3.8) is 0 Å². The predicted molar refractivity (Wildman–Crippen MR) is 56.7 cm³/mol. The first kappa shape index (κ1) is 10.7. The van der Waals surface area contributed by atoms with Crippen molar-refractivity contribution in [3.05, 3.63) is 18.0 Å². The molecule has 0 aromatic carbocycles. The van der Waals surface area contributed by atoms with E-state index in [1.165, 1.54) is 6.20 Å². The molecule has 2 rings (SSSR count). The summed E-state index contributed by atoms with van der Waals surface area (Å²) < 4.78 is 1.57. The number of amides is 2. The third kappa shape index (κ3) is 2.21. The highest BCUT2D eigenvalue weighted by atomic mass is 16.2. The van der Waals surface area contributed by atoms with Crippen LogP contribution in [-0.2, 0) is 11.8 Å². The van der Waals surface area contributed by atoms with E-state index in [9.17, 15) is 9.59 Å². The molecular weight excluding hydrogens is 208 g/mol. The van der Waals surface area contributed by atoms with Crippen LogP contribution in [0.3, 0.4) is 0 Å². The summed E-state index contributed by atoms with van der Waals surface area (Å²) >= 11 is 0. The van der Waals surface area contributed by atoms with Gasteiger partial charge in [0.05, 0.1) is 18.3 Å². The van der Waals surface area contributed by atoms with E-state index in [2.05, 4.69) is 10.4 Å². The summed E-state index contributed by atoms with van der Waals surface area (Å²) in [6.45, 7) is 1.37. The molecule has 2 heterocycles. The highest BCUT2D eigenvalue weighted by Gasteiger charge is 2.21. The number of hydrogen-bond donors (Lipinski definition) is 1. The lowest BCUT2D eigenvalue weighted by molar-refractivity contribution is -0.121. The number of hydrogen-bond acceptors (Lipinski definition) is 3. The number of rotatable bonds is 1. The van der Waals surface area contributed by atoms with E-state index in [1.54, 1.807) is 22.8 Å². The molecule has 1 saturated heterocycles. The van der Waals surface area contributed by atoms with Crippen LogP contribution in [0.4, 0.5) is 0 Å². The smallest absolute Gasteiger partial charge is 0.257 e. The molecule has 0 saturated carbocycles. The van der Waals surface area contributed by atoms with Crippen molar-refractivity contribution in [2.75, 3.05) is 19.6 Å². The minimum atomic E-state index is -0.134. The fraction of sp³-hybridized carbons (Fsp3) is 0.500. The molecule has 1 fully saturated rings. The van der Waals surface area contributed by atoms with Crippen LogP contribution in [0, 0.1) is 0 Å². The summed E-state index contributed by atoms with van der Waals surface area (Å²) in [5.74, 6) is -0.236. The van der Waals surface area contributed by atoms with Gasteiger partial charge in [0, 0.05) is 26.3 Å². The second kappa shape index (κ2) is 4.34. The third-order valence-corrected chi connectivity index (χ3v) is 2.50. The number of nitrogens with zero attached hydrogens (tertiary/aromatic N) is 3. The van der Waals surface area contributed by atoms with Gasteiger partial charge < -0.3 is 10.2 Å². The van der Waals surface area contributed by atoms with Gasteiger partial charge in [-0.05, 0) is 6.42 Å². The van der Waals surface area contributed by atoms with E-state index in [0.717, 1.165) is 6.42 Å². The number of aryl methyl sites for hydroxylation is 1. The second-order valence-electron chi connectivity index (χ2n) is 3.83. The zero-order valence-corrected chi connectivity index (χ0v) is 9.14. The van der Waals surface area contributed by atoms with Gasteiger partial charge >= 0.3 is 0 Å². The molecule has 0 aliphatic carbocycles. The van der Waals surface area contributed by atoms with Crippen LogP contribution >= 0.6 is 0 Å². The number of carbonyl (C=O) groups excluding carboxylic acids is 2. The largest absolute Gasteiger partial charge is 0.354 e. The molecule has 1 aliphatic heterocycles. The third-order valence-electron chi connectivity index (χ3n) is 2.50. The number of nitrogens with one attached hydrogen (secondary N) is 1. The maximum atomic E-state index is 12.0. The maximum Gasteiger partial charge on any atom is 0.257 e. The fourth-order valence-electron chi connectivity index (χ4n) is 1.69. The Hall–Kier alpha value is -1.85. The molecule has 0 bridgehead atoms. The molecule has 6 heteroatoms. The van der Waals surface area contributed by atoms with Gasteiger partial charge in [-0.15, -0.1) is 0 Å². The van der Waals surface area contributed by atoms with Crippen molar-refractivity contribution in [1.82, 2.24) is 20.0 Å². The average molecular weight is 222 g/mol. The van der Waals surface area contributed by atoms with Gasteiger partial charge in [0.15, 0.2) is 0 Å². The van der Waals surface area contributed by atoms with Crippen molar-refractivity contribution in [3.8, 4) is 0 Å². The van der Waals surface area contributed by atoms with Crippen LogP contribution in [0.15, 0.2) is 12.4 Å². The fourth-order valence-corrected chi connectivity index (χ4v) is 1.69. The topological polar surface area (TPSA) is 67.2 Å². The van der Waals surface area contributed by atoms with Crippen LogP contribution in [0.25, 0.3) is 0 Å². The quantitative estimate of drug-likeness (QED) is 0.688. The van der Waals surface area contributed by atoms with Crippen LogP contribution in [0.5, 0.6) is 0 Å². The minimum Gasteiger partial charge on any atom is -0.354 e. The molecule has 1 aromatic heterocycles. The van der Waals surface area contributed by atoms with Crippen LogP contribution in [0.2, 0.25) is 0 Å². The Morgan fingerprint density at radius 2 is 2.38 bits per heavy atom. The van der Waals surface area contributed by atoms with Crippen LogP contribution in [-0.4, -0.2) is 46.1 Å². The van der Waals surface area contributed by atoms with Crippen molar-refractivity contribution in [1.29, 1.82) is 0 Å². The lowest BCUT2D eigenvalue weighted by Gasteiger charge is -2.17. The molecule has 16 heavy (non-hydrogen) atoms. The Kier molecular flexibility index (Phi) is 2.89. The highest BCUT2D eigenvalue weighted by molar-refractivity contribution is 5.96. The average Bonchev–Trinajstić information content (AvgIpc) is 2.56. The van der Waals surface area contributed by atoms with Gasteiger partial charge in [-0.25, -0.2) is 0 Å². The van der Waals surface area contributed by atoms with Gasteiger partial charge in [-0.2, -0.15) is 5.10 Å². The van der Waals surface area contributed by atoms with E-state index >= 15 is 0 Å². The first-order valence-electron chi connectivity index (χ1n) is 5.21. The van der Waals surface area contributed by atoms with Gasteiger partial charge in [-0.1, -0.05) is 0 Å². The summed E-state index contributed by atoms with van der Waals surface area (Å²) in [5.41, 5.74) is 0.525. The molecule has 2 amide bonds. The SMILES string of the molecule is Cn1cc(C(=O)N2CCCNC(=O)C2)cn1. The summed E-state index contributed by atoms with van der Waals surface area (Å²) in [4.78, 5) is 24.9. The zero-order valence-electron chi connectivity index (χ0n) is 9.14. The van der Waals surface area contributed by atoms with E-state index in [1.807, 2.05) is 0 Å². The van der Waals surface area contributed by atoms with E-state index in [-0.39, 0.29) is 18.4 Å². The lowest BCUT2D eigenvalue weighted by Crippen LogP contribution is -2.37. The van der Waals surface area contributed by atoms with Crippen molar-refractivity contribution in [2.24, 2.45) is 7.05 Å². The Morgan fingerprint density at radius 3 is 3.06 bits per heavy atom. The summed E-state index contributed by atoms with van der Waals surface area (Å²) in [6, 6.07) is 0. The van der Waals surface area contributed by atoms with Gasteiger partial charge in [-0.3, -0.25) is 14.3 Å². The Balaban J connectivity index is 2.11. The lowest BCUT2D eigenvalue weighted by atomic mass is 10.3. The highest BCUT2D eigenvalue weighted by Crippen LogP contribution is 2.05. The molecule has 0 unspecified atom stereocenters. The Morgan fingerprint density at radius 1 is 1.56 bits per heavy atom.